The zero-order valence-corrected chi connectivity index (χ0v) is 10.7. The molecule has 0 aromatic carbocycles. The van der Waals surface area contributed by atoms with E-state index < -0.39 is 0 Å². The lowest BCUT2D eigenvalue weighted by atomic mass is 9.89. The third-order valence-corrected chi connectivity index (χ3v) is 4.25. The highest BCUT2D eigenvalue weighted by Gasteiger charge is 2.23. The summed E-state index contributed by atoms with van der Waals surface area (Å²) in [6.45, 7) is 10.6. The Hall–Kier alpha value is -0.0800. The SMILES string of the molecule is CCC(CC)(CC)NCCC1CCNC1. The van der Waals surface area contributed by atoms with Gasteiger partial charge in [0.1, 0.15) is 0 Å². The first-order valence-electron chi connectivity index (χ1n) is 6.72. The predicted octanol–water partition coefficient (Wildman–Crippen LogP) is 2.54. The predicted molar refractivity (Wildman–Crippen MR) is 67.2 cm³/mol. The maximum absolute atomic E-state index is 3.78. The lowest BCUT2D eigenvalue weighted by Crippen LogP contribution is -2.44. The van der Waals surface area contributed by atoms with E-state index in [1.165, 1.54) is 51.7 Å². The van der Waals surface area contributed by atoms with Crippen LogP contribution in [0, 0.1) is 5.92 Å². The van der Waals surface area contributed by atoms with E-state index in [2.05, 4.69) is 31.4 Å². The quantitative estimate of drug-likeness (QED) is 0.678. The molecule has 0 aromatic rings. The molecule has 0 aliphatic carbocycles. The van der Waals surface area contributed by atoms with Crippen molar-refractivity contribution in [2.45, 2.75) is 58.4 Å². The molecule has 1 unspecified atom stereocenters. The Morgan fingerprint density at radius 3 is 2.33 bits per heavy atom. The monoisotopic (exact) mass is 212 g/mol. The van der Waals surface area contributed by atoms with Crippen LogP contribution in [0.25, 0.3) is 0 Å². The van der Waals surface area contributed by atoms with Gasteiger partial charge in [0.25, 0.3) is 0 Å². The molecular formula is C13H28N2. The van der Waals surface area contributed by atoms with Crippen molar-refractivity contribution in [3.8, 4) is 0 Å². The molecule has 1 aliphatic rings. The van der Waals surface area contributed by atoms with Crippen molar-refractivity contribution in [1.82, 2.24) is 10.6 Å². The molecule has 2 N–H and O–H groups in total. The van der Waals surface area contributed by atoms with Gasteiger partial charge in [-0.3, -0.25) is 0 Å². The van der Waals surface area contributed by atoms with E-state index in [-0.39, 0.29) is 0 Å². The van der Waals surface area contributed by atoms with Crippen LogP contribution < -0.4 is 10.6 Å². The first kappa shape index (κ1) is 13.0. The van der Waals surface area contributed by atoms with Crippen LogP contribution in [0.3, 0.4) is 0 Å². The second-order valence-electron chi connectivity index (χ2n) is 4.92. The van der Waals surface area contributed by atoms with E-state index in [9.17, 15) is 0 Å². The Morgan fingerprint density at radius 2 is 1.87 bits per heavy atom. The summed E-state index contributed by atoms with van der Waals surface area (Å²) in [7, 11) is 0. The Balaban J connectivity index is 2.21. The maximum Gasteiger partial charge on any atom is 0.0173 e. The van der Waals surface area contributed by atoms with Crippen molar-refractivity contribution in [3.05, 3.63) is 0 Å². The highest BCUT2D eigenvalue weighted by Crippen LogP contribution is 2.20. The van der Waals surface area contributed by atoms with Gasteiger partial charge in [-0.1, -0.05) is 20.8 Å². The zero-order valence-electron chi connectivity index (χ0n) is 10.7. The van der Waals surface area contributed by atoms with Gasteiger partial charge >= 0.3 is 0 Å². The molecule has 1 saturated heterocycles. The van der Waals surface area contributed by atoms with Crippen LogP contribution in [0.15, 0.2) is 0 Å². The van der Waals surface area contributed by atoms with Crippen molar-refractivity contribution in [2.75, 3.05) is 19.6 Å². The zero-order chi connectivity index (χ0) is 11.1. The number of hydrogen-bond acceptors (Lipinski definition) is 2. The summed E-state index contributed by atoms with van der Waals surface area (Å²) in [6, 6.07) is 0. The molecule has 90 valence electrons. The van der Waals surface area contributed by atoms with Gasteiger partial charge in [-0.05, 0) is 57.7 Å². The van der Waals surface area contributed by atoms with Gasteiger partial charge in [0, 0.05) is 5.54 Å². The average Bonchev–Trinajstić information content (AvgIpc) is 2.78. The number of nitrogens with one attached hydrogen (secondary N) is 2. The molecule has 1 heterocycles. The maximum atomic E-state index is 3.78. The van der Waals surface area contributed by atoms with Crippen LogP contribution >= 0.6 is 0 Å². The van der Waals surface area contributed by atoms with E-state index in [0.717, 1.165) is 5.92 Å². The fraction of sp³-hybridized carbons (Fsp3) is 1.00. The lowest BCUT2D eigenvalue weighted by Gasteiger charge is -2.32. The van der Waals surface area contributed by atoms with Gasteiger partial charge in [0.15, 0.2) is 0 Å². The Morgan fingerprint density at radius 1 is 1.20 bits per heavy atom. The molecule has 0 radical (unpaired) electrons. The molecular weight excluding hydrogens is 184 g/mol. The normalized spacial score (nSPS) is 22.2. The van der Waals surface area contributed by atoms with Gasteiger partial charge in [-0.15, -0.1) is 0 Å². The second-order valence-corrected chi connectivity index (χ2v) is 4.92. The largest absolute Gasteiger partial charge is 0.316 e. The van der Waals surface area contributed by atoms with Gasteiger partial charge in [0.05, 0.1) is 0 Å². The molecule has 0 saturated carbocycles. The molecule has 1 aliphatic heterocycles. The van der Waals surface area contributed by atoms with Gasteiger partial charge < -0.3 is 10.6 Å². The van der Waals surface area contributed by atoms with Crippen LogP contribution in [0.5, 0.6) is 0 Å². The van der Waals surface area contributed by atoms with Gasteiger partial charge in [-0.25, -0.2) is 0 Å². The first-order chi connectivity index (χ1) is 7.26. The fourth-order valence-corrected chi connectivity index (χ4v) is 2.63. The second kappa shape index (κ2) is 6.49. The summed E-state index contributed by atoms with van der Waals surface area (Å²) in [6.07, 6.45) is 6.47. The Kier molecular flexibility index (Phi) is 5.62. The highest BCUT2D eigenvalue weighted by atomic mass is 15.0. The van der Waals surface area contributed by atoms with Gasteiger partial charge in [0.2, 0.25) is 0 Å². The minimum atomic E-state index is 0.409. The molecule has 1 rings (SSSR count). The van der Waals surface area contributed by atoms with E-state index >= 15 is 0 Å². The van der Waals surface area contributed by atoms with E-state index in [1.807, 2.05) is 0 Å². The smallest absolute Gasteiger partial charge is 0.0173 e. The summed E-state index contributed by atoms with van der Waals surface area (Å²) in [5, 5.41) is 7.22. The topological polar surface area (TPSA) is 24.1 Å². The number of rotatable bonds is 7. The van der Waals surface area contributed by atoms with Crippen LogP contribution in [0.2, 0.25) is 0 Å². The Bertz CT molecular complexity index is 150. The summed E-state index contributed by atoms with van der Waals surface area (Å²) in [5.41, 5.74) is 0.409. The van der Waals surface area contributed by atoms with E-state index in [1.54, 1.807) is 0 Å². The molecule has 0 aromatic heterocycles. The van der Waals surface area contributed by atoms with Crippen molar-refractivity contribution >= 4 is 0 Å². The molecule has 0 bridgehead atoms. The number of hydrogen-bond donors (Lipinski definition) is 2. The average molecular weight is 212 g/mol. The molecule has 1 atom stereocenters. The van der Waals surface area contributed by atoms with Crippen LogP contribution in [0.4, 0.5) is 0 Å². The minimum Gasteiger partial charge on any atom is -0.316 e. The Labute approximate surface area is 95.2 Å². The van der Waals surface area contributed by atoms with Crippen LogP contribution in [-0.4, -0.2) is 25.2 Å². The summed E-state index contributed by atoms with van der Waals surface area (Å²) in [4.78, 5) is 0. The van der Waals surface area contributed by atoms with Crippen LogP contribution in [0.1, 0.15) is 52.9 Å². The molecule has 1 fully saturated rings. The van der Waals surface area contributed by atoms with Crippen molar-refractivity contribution < 1.29 is 0 Å². The van der Waals surface area contributed by atoms with E-state index in [0.29, 0.717) is 5.54 Å². The molecule has 15 heavy (non-hydrogen) atoms. The third kappa shape index (κ3) is 3.76. The summed E-state index contributed by atoms with van der Waals surface area (Å²) >= 11 is 0. The van der Waals surface area contributed by atoms with Crippen molar-refractivity contribution in [2.24, 2.45) is 5.92 Å². The van der Waals surface area contributed by atoms with Crippen molar-refractivity contribution in [3.63, 3.8) is 0 Å². The van der Waals surface area contributed by atoms with Crippen molar-refractivity contribution in [1.29, 1.82) is 0 Å². The summed E-state index contributed by atoms with van der Waals surface area (Å²) in [5.74, 6) is 0.917. The standard InChI is InChI=1S/C13H28N2/c1-4-13(5-2,6-3)15-10-8-12-7-9-14-11-12/h12,14-15H,4-11H2,1-3H3. The first-order valence-corrected chi connectivity index (χ1v) is 6.72. The highest BCUT2D eigenvalue weighted by molar-refractivity contribution is 4.84. The molecule has 0 amide bonds. The molecule has 2 nitrogen and oxygen atoms in total. The summed E-state index contributed by atoms with van der Waals surface area (Å²) < 4.78 is 0. The van der Waals surface area contributed by atoms with Crippen LogP contribution in [-0.2, 0) is 0 Å². The lowest BCUT2D eigenvalue weighted by molar-refractivity contribution is 0.282. The molecule has 0 spiro atoms. The minimum absolute atomic E-state index is 0.409. The third-order valence-electron chi connectivity index (χ3n) is 4.25. The van der Waals surface area contributed by atoms with Gasteiger partial charge in [-0.2, -0.15) is 0 Å². The molecule has 2 heteroatoms. The van der Waals surface area contributed by atoms with E-state index in [4.69, 9.17) is 0 Å². The fourth-order valence-electron chi connectivity index (χ4n) is 2.63.